The molecule has 22 heavy (non-hydrogen) atoms. The molecule has 1 fully saturated rings. The molecule has 3 heteroatoms. The Balaban J connectivity index is 1.61. The van der Waals surface area contributed by atoms with Crippen molar-refractivity contribution in [1.29, 1.82) is 0 Å². The maximum absolute atomic E-state index is 13.6. The first-order chi connectivity index (χ1) is 10.7. The molecule has 0 aromatic heterocycles. The van der Waals surface area contributed by atoms with Crippen LogP contribution in [0.5, 0.6) is 0 Å². The molecule has 2 aromatic rings. The highest BCUT2D eigenvalue weighted by Crippen LogP contribution is 2.24. The van der Waals surface area contributed by atoms with Crippen LogP contribution in [0.2, 0.25) is 0 Å². The van der Waals surface area contributed by atoms with Crippen molar-refractivity contribution in [3.8, 4) is 0 Å². The zero-order chi connectivity index (χ0) is 15.4. The summed E-state index contributed by atoms with van der Waals surface area (Å²) in [5.41, 5.74) is 3.00. The largest absolute Gasteiger partial charge is 0.381 e. The van der Waals surface area contributed by atoms with Crippen LogP contribution in [0.1, 0.15) is 25.3 Å². The van der Waals surface area contributed by atoms with E-state index in [0.717, 1.165) is 24.7 Å². The number of nitrogens with one attached hydrogen (secondary N) is 1. The molecule has 0 spiro atoms. The van der Waals surface area contributed by atoms with Gasteiger partial charge in [-0.15, -0.1) is 0 Å². The van der Waals surface area contributed by atoms with Gasteiger partial charge in [0.05, 0.1) is 0 Å². The number of rotatable bonds is 4. The molecular weight excluding hydrogens is 275 g/mol. The quantitative estimate of drug-likeness (QED) is 0.882. The van der Waals surface area contributed by atoms with Gasteiger partial charge in [0, 0.05) is 36.6 Å². The molecule has 1 heterocycles. The average Bonchev–Trinajstić information content (AvgIpc) is 2.55. The maximum Gasteiger partial charge on any atom is 0.128 e. The van der Waals surface area contributed by atoms with Crippen LogP contribution in [-0.4, -0.2) is 13.1 Å². The van der Waals surface area contributed by atoms with E-state index < -0.39 is 0 Å². The van der Waals surface area contributed by atoms with Gasteiger partial charge in [-0.2, -0.15) is 0 Å². The summed E-state index contributed by atoms with van der Waals surface area (Å²) in [6, 6.07) is 15.4. The maximum atomic E-state index is 13.6. The van der Waals surface area contributed by atoms with Crippen LogP contribution in [0, 0.1) is 11.7 Å². The first-order valence-corrected chi connectivity index (χ1v) is 8.04. The monoisotopic (exact) mass is 298 g/mol. The third kappa shape index (κ3) is 3.59. The lowest BCUT2D eigenvalue weighted by Crippen LogP contribution is -2.34. The minimum atomic E-state index is -0.158. The fraction of sp³-hybridized carbons (Fsp3) is 0.368. The zero-order valence-electron chi connectivity index (χ0n) is 13.1. The molecule has 1 saturated heterocycles. The van der Waals surface area contributed by atoms with E-state index in [4.69, 9.17) is 0 Å². The molecule has 0 radical (unpaired) electrons. The number of piperidine rings is 1. The van der Waals surface area contributed by atoms with Crippen molar-refractivity contribution in [1.82, 2.24) is 0 Å². The molecule has 1 atom stereocenters. The van der Waals surface area contributed by atoms with Gasteiger partial charge in [-0.3, -0.25) is 0 Å². The second kappa shape index (κ2) is 6.82. The number of nitrogens with zero attached hydrogens (tertiary/aromatic N) is 1. The molecule has 0 saturated carbocycles. The minimum Gasteiger partial charge on any atom is -0.381 e. The Morgan fingerprint density at radius 2 is 1.91 bits per heavy atom. The van der Waals surface area contributed by atoms with Crippen molar-refractivity contribution in [3.05, 3.63) is 59.9 Å². The number of hydrogen-bond acceptors (Lipinski definition) is 2. The summed E-state index contributed by atoms with van der Waals surface area (Å²) in [7, 11) is 0. The van der Waals surface area contributed by atoms with Crippen LogP contribution in [-0.2, 0) is 6.54 Å². The van der Waals surface area contributed by atoms with Crippen LogP contribution in [0.4, 0.5) is 15.8 Å². The summed E-state index contributed by atoms with van der Waals surface area (Å²) in [6.07, 6.45) is 2.60. The van der Waals surface area contributed by atoms with Crippen molar-refractivity contribution < 1.29 is 4.39 Å². The van der Waals surface area contributed by atoms with E-state index in [-0.39, 0.29) is 5.82 Å². The van der Waals surface area contributed by atoms with Gasteiger partial charge >= 0.3 is 0 Å². The van der Waals surface area contributed by atoms with Crippen LogP contribution in [0.15, 0.2) is 48.5 Å². The van der Waals surface area contributed by atoms with Crippen molar-refractivity contribution >= 4 is 11.4 Å². The Bertz CT molecular complexity index is 609. The van der Waals surface area contributed by atoms with Gasteiger partial charge in [-0.05, 0) is 49.1 Å². The van der Waals surface area contributed by atoms with Crippen LogP contribution in [0.25, 0.3) is 0 Å². The fourth-order valence-corrected chi connectivity index (χ4v) is 3.05. The third-order valence-electron chi connectivity index (χ3n) is 4.33. The first kappa shape index (κ1) is 14.9. The molecule has 1 aliphatic rings. The molecule has 0 aliphatic carbocycles. The molecule has 0 bridgehead atoms. The number of halogens is 1. The molecule has 1 N–H and O–H groups in total. The lowest BCUT2D eigenvalue weighted by atomic mass is 10.00. The highest BCUT2D eigenvalue weighted by molar-refractivity contribution is 5.55. The van der Waals surface area contributed by atoms with E-state index in [0.29, 0.717) is 12.1 Å². The van der Waals surface area contributed by atoms with Gasteiger partial charge in [0.15, 0.2) is 0 Å². The molecule has 2 aromatic carbocycles. The van der Waals surface area contributed by atoms with Gasteiger partial charge in [-0.25, -0.2) is 4.39 Å². The van der Waals surface area contributed by atoms with Crippen molar-refractivity contribution in [2.75, 3.05) is 23.3 Å². The molecule has 3 rings (SSSR count). The van der Waals surface area contributed by atoms with Gasteiger partial charge in [0.1, 0.15) is 5.82 Å². The SMILES string of the molecule is CC1CCCN(c2ccc(NCc3ccccc3F)cc2)C1. The van der Waals surface area contributed by atoms with Gasteiger partial charge in [-0.1, -0.05) is 25.1 Å². The summed E-state index contributed by atoms with van der Waals surface area (Å²) >= 11 is 0. The predicted octanol–water partition coefficient (Wildman–Crippen LogP) is 4.67. The Kier molecular flexibility index (Phi) is 4.62. The van der Waals surface area contributed by atoms with E-state index in [1.807, 2.05) is 12.1 Å². The minimum absolute atomic E-state index is 0.158. The van der Waals surface area contributed by atoms with Crippen LogP contribution >= 0.6 is 0 Å². The van der Waals surface area contributed by atoms with E-state index in [1.54, 1.807) is 6.07 Å². The lowest BCUT2D eigenvalue weighted by molar-refractivity contribution is 0.447. The second-order valence-electron chi connectivity index (χ2n) is 6.19. The highest BCUT2D eigenvalue weighted by atomic mass is 19.1. The predicted molar refractivity (Wildman–Crippen MR) is 90.8 cm³/mol. The molecule has 1 unspecified atom stereocenters. The first-order valence-electron chi connectivity index (χ1n) is 8.04. The van der Waals surface area contributed by atoms with Crippen LogP contribution < -0.4 is 10.2 Å². The van der Waals surface area contributed by atoms with Gasteiger partial charge < -0.3 is 10.2 Å². The van der Waals surface area contributed by atoms with Crippen LogP contribution in [0.3, 0.4) is 0 Å². The Morgan fingerprint density at radius 1 is 1.14 bits per heavy atom. The summed E-state index contributed by atoms with van der Waals surface area (Å²) in [4.78, 5) is 2.45. The lowest BCUT2D eigenvalue weighted by Gasteiger charge is -2.32. The summed E-state index contributed by atoms with van der Waals surface area (Å²) in [5.74, 6) is 0.613. The molecule has 1 aliphatic heterocycles. The standard InChI is InChI=1S/C19H23FN2/c1-15-5-4-12-22(14-15)18-10-8-17(9-11-18)21-13-16-6-2-3-7-19(16)20/h2-3,6-11,15,21H,4-5,12-14H2,1H3. The Hall–Kier alpha value is -2.03. The van der Waals surface area contributed by atoms with E-state index in [2.05, 4.69) is 41.4 Å². The number of anilines is 2. The zero-order valence-corrected chi connectivity index (χ0v) is 13.1. The molecule has 0 amide bonds. The van der Waals surface area contributed by atoms with Crippen molar-refractivity contribution in [3.63, 3.8) is 0 Å². The average molecular weight is 298 g/mol. The molecule has 116 valence electrons. The van der Waals surface area contributed by atoms with E-state index in [1.165, 1.54) is 24.6 Å². The highest BCUT2D eigenvalue weighted by Gasteiger charge is 2.16. The third-order valence-corrected chi connectivity index (χ3v) is 4.33. The number of benzene rings is 2. The fourth-order valence-electron chi connectivity index (χ4n) is 3.05. The topological polar surface area (TPSA) is 15.3 Å². The summed E-state index contributed by atoms with van der Waals surface area (Å²) < 4.78 is 13.6. The Morgan fingerprint density at radius 3 is 2.64 bits per heavy atom. The number of hydrogen-bond donors (Lipinski definition) is 1. The van der Waals surface area contributed by atoms with Crippen molar-refractivity contribution in [2.24, 2.45) is 5.92 Å². The van der Waals surface area contributed by atoms with Crippen molar-refractivity contribution in [2.45, 2.75) is 26.3 Å². The molecular formula is C19H23FN2. The van der Waals surface area contributed by atoms with Gasteiger partial charge in [0.2, 0.25) is 0 Å². The summed E-state index contributed by atoms with van der Waals surface area (Å²) in [6.45, 7) is 5.11. The van der Waals surface area contributed by atoms with E-state index in [9.17, 15) is 4.39 Å². The Labute approximate surface area is 132 Å². The smallest absolute Gasteiger partial charge is 0.128 e. The summed E-state index contributed by atoms with van der Waals surface area (Å²) in [5, 5.41) is 3.28. The molecule has 2 nitrogen and oxygen atoms in total. The normalized spacial score (nSPS) is 18.3. The van der Waals surface area contributed by atoms with Gasteiger partial charge in [0.25, 0.3) is 0 Å². The van der Waals surface area contributed by atoms with E-state index >= 15 is 0 Å². The second-order valence-corrected chi connectivity index (χ2v) is 6.19.